The molecule has 2 aliphatic heterocycles. The van der Waals surface area contributed by atoms with Gasteiger partial charge in [0, 0.05) is 29.4 Å². The predicted octanol–water partition coefficient (Wildman–Crippen LogP) is 3.25. The van der Waals surface area contributed by atoms with Gasteiger partial charge < -0.3 is 20.9 Å². The van der Waals surface area contributed by atoms with Crippen molar-refractivity contribution >= 4 is 23.2 Å². The van der Waals surface area contributed by atoms with Crippen molar-refractivity contribution in [1.29, 1.82) is 5.26 Å². The minimum absolute atomic E-state index is 0.0232. The highest BCUT2D eigenvalue weighted by molar-refractivity contribution is 6.05. The molecule has 32 heavy (non-hydrogen) atoms. The number of nitriles is 1. The predicted molar refractivity (Wildman–Crippen MR) is 125 cm³/mol. The first kappa shape index (κ1) is 21.6. The Labute approximate surface area is 188 Å². The van der Waals surface area contributed by atoms with Crippen molar-refractivity contribution < 1.29 is 9.59 Å². The fraction of sp³-hybridized carbons (Fsp3) is 0.320. The molecule has 0 atom stereocenters. The maximum absolute atomic E-state index is 12.9. The molecule has 2 aliphatic rings. The van der Waals surface area contributed by atoms with Crippen molar-refractivity contribution in [1.82, 2.24) is 9.80 Å². The van der Waals surface area contributed by atoms with E-state index in [9.17, 15) is 9.59 Å². The Bertz CT molecular complexity index is 1130. The highest BCUT2D eigenvalue weighted by atomic mass is 16.2. The summed E-state index contributed by atoms with van der Waals surface area (Å²) in [7, 11) is 2.07. The van der Waals surface area contributed by atoms with E-state index in [1.54, 1.807) is 11.0 Å². The number of nitrogens with zero attached hydrogens (tertiary/aromatic N) is 3. The molecular formula is C25H27N5O2. The van der Waals surface area contributed by atoms with Gasteiger partial charge in [0.05, 0.1) is 18.2 Å². The SMILES string of the molecule is C=C(C#N)CN1Cc2c(-c3cccc(NC(=O)C4CCN(C)CC4)c3)ccc(N)c2C1=O. The Hall–Kier alpha value is -3.63. The van der Waals surface area contributed by atoms with Gasteiger partial charge in [-0.05, 0) is 67.9 Å². The average molecular weight is 430 g/mol. The standard InChI is InChI=1S/C25H27N5O2/c1-16(13-26)14-30-15-21-20(6-7-22(27)23(21)25(30)32)18-4-3-5-19(12-18)28-24(31)17-8-10-29(2)11-9-17/h3-7,12,17H,1,8-11,14-15,27H2,2H3,(H,28,31). The number of piperidine rings is 1. The topological polar surface area (TPSA) is 102 Å². The van der Waals surface area contributed by atoms with Crippen molar-refractivity contribution in [2.45, 2.75) is 19.4 Å². The van der Waals surface area contributed by atoms with Crippen LogP contribution in [-0.2, 0) is 11.3 Å². The van der Waals surface area contributed by atoms with Crippen molar-refractivity contribution in [3.8, 4) is 17.2 Å². The van der Waals surface area contributed by atoms with E-state index in [0.29, 0.717) is 23.4 Å². The van der Waals surface area contributed by atoms with E-state index in [1.165, 1.54) is 0 Å². The zero-order valence-electron chi connectivity index (χ0n) is 18.2. The smallest absolute Gasteiger partial charge is 0.256 e. The van der Waals surface area contributed by atoms with Crippen LogP contribution in [-0.4, -0.2) is 48.3 Å². The van der Waals surface area contributed by atoms with Crippen LogP contribution in [0.15, 0.2) is 48.6 Å². The van der Waals surface area contributed by atoms with Gasteiger partial charge >= 0.3 is 0 Å². The van der Waals surface area contributed by atoms with Crippen molar-refractivity contribution in [2.24, 2.45) is 5.92 Å². The van der Waals surface area contributed by atoms with Gasteiger partial charge in [0.2, 0.25) is 5.91 Å². The third-order valence-corrected chi connectivity index (χ3v) is 6.27. The second-order valence-corrected chi connectivity index (χ2v) is 8.58. The van der Waals surface area contributed by atoms with E-state index in [2.05, 4.69) is 23.8 Å². The van der Waals surface area contributed by atoms with Crippen molar-refractivity contribution in [3.63, 3.8) is 0 Å². The summed E-state index contributed by atoms with van der Waals surface area (Å²) < 4.78 is 0. The second-order valence-electron chi connectivity index (χ2n) is 8.58. The largest absolute Gasteiger partial charge is 0.398 e. The van der Waals surface area contributed by atoms with Crippen LogP contribution in [0.4, 0.5) is 11.4 Å². The van der Waals surface area contributed by atoms with Gasteiger partial charge in [0.15, 0.2) is 0 Å². The Morgan fingerprint density at radius 1 is 1.28 bits per heavy atom. The third kappa shape index (κ3) is 4.23. The molecule has 0 radical (unpaired) electrons. The summed E-state index contributed by atoms with van der Waals surface area (Å²) in [6.07, 6.45) is 1.72. The van der Waals surface area contributed by atoms with E-state index in [-0.39, 0.29) is 24.3 Å². The van der Waals surface area contributed by atoms with Gasteiger partial charge in [0.1, 0.15) is 0 Å². The highest BCUT2D eigenvalue weighted by Gasteiger charge is 2.32. The van der Waals surface area contributed by atoms with Crippen LogP contribution in [0.2, 0.25) is 0 Å². The lowest BCUT2D eigenvalue weighted by molar-refractivity contribution is -0.121. The molecule has 2 aromatic rings. The van der Waals surface area contributed by atoms with Gasteiger partial charge in [-0.1, -0.05) is 24.8 Å². The maximum Gasteiger partial charge on any atom is 0.256 e. The number of amides is 2. The third-order valence-electron chi connectivity index (χ3n) is 6.27. The molecule has 7 nitrogen and oxygen atoms in total. The lowest BCUT2D eigenvalue weighted by atomic mass is 9.94. The summed E-state index contributed by atoms with van der Waals surface area (Å²) >= 11 is 0. The number of nitrogens with two attached hydrogens (primary N) is 1. The number of fused-ring (bicyclic) bond motifs is 1. The molecule has 1 saturated heterocycles. The van der Waals surface area contributed by atoms with Crippen LogP contribution in [0.3, 0.4) is 0 Å². The molecule has 2 amide bonds. The van der Waals surface area contributed by atoms with Gasteiger partial charge in [-0.15, -0.1) is 0 Å². The summed E-state index contributed by atoms with van der Waals surface area (Å²) in [4.78, 5) is 29.5. The number of carbonyl (C=O) groups is 2. The summed E-state index contributed by atoms with van der Waals surface area (Å²) in [5, 5.41) is 12.1. The first-order chi connectivity index (χ1) is 15.4. The van der Waals surface area contributed by atoms with Crippen molar-refractivity contribution in [2.75, 3.05) is 37.7 Å². The van der Waals surface area contributed by atoms with Crippen LogP contribution < -0.4 is 11.1 Å². The number of nitrogens with one attached hydrogen (secondary N) is 1. The molecule has 164 valence electrons. The molecular weight excluding hydrogens is 402 g/mol. The van der Waals surface area contributed by atoms with E-state index < -0.39 is 0 Å². The van der Waals surface area contributed by atoms with Gasteiger partial charge in [-0.3, -0.25) is 9.59 Å². The monoisotopic (exact) mass is 429 g/mol. The first-order valence-electron chi connectivity index (χ1n) is 10.8. The molecule has 0 spiro atoms. The van der Waals surface area contributed by atoms with E-state index >= 15 is 0 Å². The Kier molecular flexibility index (Phi) is 5.97. The van der Waals surface area contributed by atoms with Crippen LogP contribution in [0, 0.1) is 17.2 Å². The molecule has 0 aromatic heterocycles. The van der Waals surface area contributed by atoms with E-state index in [0.717, 1.165) is 48.3 Å². The van der Waals surface area contributed by atoms with Crippen LogP contribution in [0.25, 0.3) is 11.1 Å². The van der Waals surface area contributed by atoms with Crippen LogP contribution in [0.5, 0.6) is 0 Å². The fourth-order valence-electron chi connectivity index (χ4n) is 4.45. The summed E-state index contributed by atoms with van der Waals surface area (Å²) in [5.74, 6) is -0.119. The summed E-state index contributed by atoms with van der Waals surface area (Å²) in [6.45, 7) is 6.09. The average Bonchev–Trinajstić information content (AvgIpc) is 3.11. The summed E-state index contributed by atoms with van der Waals surface area (Å²) in [6, 6.07) is 13.3. The lowest BCUT2D eigenvalue weighted by Crippen LogP contribution is -2.35. The first-order valence-corrected chi connectivity index (χ1v) is 10.8. The number of rotatable bonds is 5. The minimum atomic E-state index is -0.192. The Morgan fingerprint density at radius 2 is 2.03 bits per heavy atom. The molecule has 3 N–H and O–H groups in total. The number of benzene rings is 2. The number of likely N-dealkylation sites (tertiary alicyclic amines) is 1. The van der Waals surface area contributed by atoms with Crippen molar-refractivity contribution in [3.05, 3.63) is 59.7 Å². The second kappa shape index (κ2) is 8.85. The van der Waals surface area contributed by atoms with E-state index in [4.69, 9.17) is 11.0 Å². The highest BCUT2D eigenvalue weighted by Crippen LogP contribution is 2.37. The number of nitrogen functional groups attached to an aromatic ring is 1. The molecule has 0 saturated carbocycles. The van der Waals surface area contributed by atoms with Gasteiger partial charge in [0.25, 0.3) is 5.91 Å². The van der Waals surface area contributed by atoms with E-state index in [1.807, 2.05) is 36.4 Å². The molecule has 0 aliphatic carbocycles. The number of hydrogen-bond donors (Lipinski definition) is 2. The van der Waals surface area contributed by atoms with Gasteiger partial charge in [-0.25, -0.2) is 0 Å². The normalized spacial score (nSPS) is 16.5. The molecule has 2 aromatic carbocycles. The Morgan fingerprint density at radius 3 is 2.75 bits per heavy atom. The number of anilines is 2. The molecule has 1 fully saturated rings. The van der Waals surface area contributed by atoms with Gasteiger partial charge in [-0.2, -0.15) is 5.26 Å². The number of carbonyl (C=O) groups excluding carboxylic acids is 2. The molecule has 0 bridgehead atoms. The zero-order valence-corrected chi connectivity index (χ0v) is 18.2. The lowest BCUT2D eigenvalue weighted by Gasteiger charge is -2.28. The molecule has 4 rings (SSSR count). The zero-order chi connectivity index (χ0) is 22.8. The molecule has 7 heteroatoms. The quantitative estimate of drug-likeness (QED) is 0.561. The molecule has 2 heterocycles. The molecule has 0 unspecified atom stereocenters. The Balaban J connectivity index is 1.58. The summed E-state index contributed by atoms with van der Waals surface area (Å²) in [5.41, 5.74) is 10.7. The number of hydrogen-bond acceptors (Lipinski definition) is 5. The fourth-order valence-corrected chi connectivity index (χ4v) is 4.45. The van der Waals surface area contributed by atoms with Crippen LogP contribution >= 0.6 is 0 Å². The minimum Gasteiger partial charge on any atom is -0.398 e. The van der Waals surface area contributed by atoms with Crippen LogP contribution in [0.1, 0.15) is 28.8 Å². The maximum atomic E-state index is 12.9.